The zero-order chi connectivity index (χ0) is 21.5. The van der Waals surface area contributed by atoms with Crippen molar-refractivity contribution >= 4 is 22.4 Å². The third-order valence-electron chi connectivity index (χ3n) is 5.59. The van der Waals surface area contributed by atoms with Crippen molar-refractivity contribution in [3.8, 4) is 11.8 Å². The summed E-state index contributed by atoms with van der Waals surface area (Å²) < 4.78 is 5.55. The molecule has 6 heteroatoms. The zero-order valence-corrected chi connectivity index (χ0v) is 17.5. The lowest BCUT2D eigenvalue weighted by molar-refractivity contribution is 0.0947. The fraction of sp³-hybridized carbons (Fsp3) is 0.280. The monoisotopic (exact) mass is 414 g/mol. The number of ether oxygens (including phenoxy) is 1. The summed E-state index contributed by atoms with van der Waals surface area (Å²) in [6.07, 6.45) is 0. The van der Waals surface area contributed by atoms with E-state index in [2.05, 4.69) is 39.4 Å². The molecule has 4 rings (SSSR count). The van der Waals surface area contributed by atoms with Crippen LogP contribution in [0.25, 0.3) is 10.8 Å². The van der Waals surface area contributed by atoms with E-state index in [9.17, 15) is 4.79 Å². The van der Waals surface area contributed by atoms with Crippen LogP contribution in [0.1, 0.15) is 10.4 Å². The second kappa shape index (κ2) is 9.96. The summed E-state index contributed by atoms with van der Waals surface area (Å²) in [5.41, 5.74) is 1.81. The van der Waals surface area contributed by atoms with E-state index in [-0.39, 0.29) is 12.5 Å². The van der Waals surface area contributed by atoms with E-state index in [0.717, 1.165) is 43.5 Å². The Morgan fingerprint density at radius 2 is 1.74 bits per heavy atom. The Bertz CT molecular complexity index is 1070. The number of benzene rings is 3. The summed E-state index contributed by atoms with van der Waals surface area (Å²) in [4.78, 5) is 17.5. The average Bonchev–Trinajstić information content (AvgIpc) is 2.83. The van der Waals surface area contributed by atoms with Gasteiger partial charge in [-0.1, -0.05) is 42.5 Å². The van der Waals surface area contributed by atoms with Gasteiger partial charge in [-0.3, -0.25) is 9.69 Å². The Morgan fingerprint density at radius 1 is 1.00 bits per heavy atom. The number of anilines is 1. The van der Waals surface area contributed by atoms with Crippen LogP contribution in [-0.4, -0.2) is 56.7 Å². The van der Waals surface area contributed by atoms with Crippen LogP contribution in [0.5, 0.6) is 5.75 Å². The van der Waals surface area contributed by atoms with E-state index in [0.29, 0.717) is 17.9 Å². The molecule has 1 saturated heterocycles. The van der Waals surface area contributed by atoms with Crippen molar-refractivity contribution in [3.63, 3.8) is 0 Å². The highest BCUT2D eigenvalue weighted by Crippen LogP contribution is 2.27. The molecule has 1 N–H and O–H groups in total. The molecule has 0 unspecified atom stereocenters. The molecule has 0 spiro atoms. The summed E-state index contributed by atoms with van der Waals surface area (Å²) in [5.74, 6) is 0.428. The first-order valence-corrected chi connectivity index (χ1v) is 10.6. The maximum atomic E-state index is 12.7. The minimum Gasteiger partial charge on any atom is -0.478 e. The first-order chi connectivity index (χ1) is 15.2. The fourth-order valence-electron chi connectivity index (χ4n) is 3.93. The normalized spacial score (nSPS) is 14.2. The molecule has 158 valence electrons. The Hall–Kier alpha value is -3.56. The number of nitriles is 1. The lowest BCUT2D eigenvalue weighted by Crippen LogP contribution is -2.48. The van der Waals surface area contributed by atoms with E-state index in [1.807, 2.05) is 42.5 Å². The van der Waals surface area contributed by atoms with Gasteiger partial charge < -0.3 is 15.0 Å². The summed E-state index contributed by atoms with van der Waals surface area (Å²) >= 11 is 0. The first kappa shape index (κ1) is 20.7. The Kier molecular flexibility index (Phi) is 6.65. The topological polar surface area (TPSA) is 68.6 Å². The smallest absolute Gasteiger partial charge is 0.251 e. The number of hydrogen-bond acceptors (Lipinski definition) is 5. The summed E-state index contributed by atoms with van der Waals surface area (Å²) in [6.45, 7) is 5.29. The van der Waals surface area contributed by atoms with Gasteiger partial charge in [0.1, 0.15) is 11.8 Å². The molecule has 6 nitrogen and oxygen atoms in total. The molecule has 1 amide bonds. The van der Waals surface area contributed by atoms with Gasteiger partial charge in [0.2, 0.25) is 0 Å². The standard InChI is InChI=1S/C25H26N4O2/c26-10-17-31-24-19-21(18-20-6-4-5-9-23(20)24)25(30)27-11-12-28-13-15-29(16-14-28)22-7-2-1-3-8-22/h1-9,18-19H,11-17H2,(H,27,30). The van der Waals surface area contributed by atoms with Gasteiger partial charge in [-0.05, 0) is 29.7 Å². The van der Waals surface area contributed by atoms with Crippen LogP contribution in [0.2, 0.25) is 0 Å². The van der Waals surface area contributed by atoms with Gasteiger partial charge in [0.25, 0.3) is 5.91 Å². The first-order valence-electron chi connectivity index (χ1n) is 10.6. The number of hydrogen-bond donors (Lipinski definition) is 1. The molecule has 0 aliphatic carbocycles. The SMILES string of the molecule is N#CCOc1cc(C(=O)NCCN2CCN(c3ccccc3)CC2)cc2ccccc12. The summed E-state index contributed by atoms with van der Waals surface area (Å²) in [7, 11) is 0. The van der Waals surface area contributed by atoms with E-state index >= 15 is 0 Å². The molecule has 0 saturated carbocycles. The second-order valence-corrected chi connectivity index (χ2v) is 7.56. The average molecular weight is 415 g/mol. The van der Waals surface area contributed by atoms with Gasteiger partial charge in [-0.15, -0.1) is 0 Å². The molecule has 1 heterocycles. The van der Waals surface area contributed by atoms with Crippen molar-refractivity contribution in [2.45, 2.75) is 0 Å². The number of nitrogens with one attached hydrogen (secondary N) is 1. The molecule has 3 aromatic rings. The van der Waals surface area contributed by atoms with Gasteiger partial charge in [0.05, 0.1) is 0 Å². The van der Waals surface area contributed by atoms with E-state index in [4.69, 9.17) is 10.00 Å². The minimum absolute atomic E-state index is 0.0516. The third-order valence-corrected chi connectivity index (χ3v) is 5.59. The lowest BCUT2D eigenvalue weighted by Gasteiger charge is -2.36. The third kappa shape index (κ3) is 5.14. The molecule has 1 aliphatic rings. The number of piperazine rings is 1. The van der Waals surface area contributed by atoms with E-state index < -0.39 is 0 Å². The van der Waals surface area contributed by atoms with Crippen LogP contribution >= 0.6 is 0 Å². The van der Waals surface area contributed by atoms with Crippen molar-refractivity contribution in [3.05, 3.63) is 72.3 Å². The van der Waals surface area contributed by atoms with Crippen LogP contribution in [0.3, 0.4) is 0 Å². The molecule has 3 aromatic carbocycles. The number of amides is 1. The Morgan fingerprint density at radius 3 is 2.52 bits per heavy atom. The van der Waals surface area contributed by atoms with Crippen molar-refractivity contribution in [1.29, 1.82) is 5.26 Å². The van der Waals surface area contributed by atoms with E-state index in [1.165, 1.54) is 5.69 Å². The van der Waals surface area contributed by atoms with Crippen molar-refractivity contribution in [2.75, 3.05) is 50.8 Å². The number of carbonyl (C=O) groups is 1. The lowest BCUT2D eigenvalue weighted by atomic mass is 10.1. The van der Waals surface area contributed by atoms with Gasteiger partial charge in [0.15, 0.2) is 6.61 Å². The van der Waals surface area contributed by atoms with Gasteiger partial charge in [-0.25, -0.2) is 0 Å². The predicted octanol–water partition coefficient (Wildman–Crippen LogP) is 3.29. The van der Waals surface area contributed by atoms with Crippen LogP contribution in [0, 0.1) is 11.3 Å². The molecular formula is C25H26N4O2. The molecule has 31 heavy (non-hydrogen) atoms. The van der Waals surface area contributed by atoms with Crippen molar-refractivity contribution in [2.24, 2.45) is 0 Å². The molecule has 0 bridgehead atoms. The van der Waals surface area contributed by atoms with Crippen LogP contribution in [0.15, 0.2) is 66.7 Å². The quantitative estimate of drug-likeness (QED) is 0.643. The van der Waals surface area contributed by atoms with Crippen LogP contribution in [0.4, 0.5) is 5.69 Å². The van der Waals surface area contributed by atoms with Gasteiger partial charge >= 0.3 is 0 Å². The number of para-hydroxylation sites is 1. The number of fused-ring (bicyclic) bond motifs is 1. The summed E-state index contributed by atoms with van der Waals surface area (Å²) in [5, 5.41) is 13.7. The Balaban J connectivity index is 1.31. The van der Waals surface area contributed by atoms with Crippen molar-refractivity contribution in [1.82, 2.24) is 10.2 Å². The highest BCUT2D eigenvalue weighted by Gasteiger charge is 2.17. The fourth-order valence-corrected chi connectivity index (χ4v) is 3.93. The van der Waals surface area contributed by atoms with Crippen LogP contribution < -0.4 is 15.0 Å². The van der Waals surface area contributed by atoms with Crippen molar-refractivity contribution < 1.29 is 9.53 Å². The number of carbonyl (C=O) groups excluding carboxylic acids is 1. The van der Waals surface area contributed by atoms with E-state index in [1.54, 1.807) is 6.07 Å². The molecule has 0 radical (unpaired) electrons. The zero-order valence-electron chi connectivity index (χ0n) is 17.5. The van der Waals surface area contributed by atoms with Gasteiger partial charge in [-0.2, -0.15) is 5.26 Å². The molecule has 0 aromatic heterocycles. The largest absolute Gasteiger partial charge is 0.478 e. The number of nitrogens with zero attached hydrogens (tertiary/aromatic N) is 3. The Labute approximate surface area is 182 Å². The molecule has 1 aliphatic heterocycles. The molecule has 1 fully saturated rings. The van der Waals surface area contributed by atoms with Gasteiger partial charge in [0, 0.05) is 55.9 Å². The number of rotatable bonds is 7. The highest BCUT2D eigenvalue weighted by atomic mass is 16.5. The molecular weight excluding hydrogens is 388 g/mol. The summed E-state index contributed by atoms with van der Waals surface area (Å²) in [6, 6.07) is 23.7. The molecule has 0 atom stereocenters. The minimum atomic E-state index is -0.129. The van der Waals surface area contributed by atoms with Crippen LogP contribution in [-0.2, 0) is 0 Å². The predicted molar refractivity (Wildman–Crippen MR) is 122 cm³/mol. The maximum absolute atomic E-state index is 12.7. The maximum Gasteiger partial charge on any atom is 0.251 e. The second-order valence-electron chi connectivity index (χ2n) is 7.56. The highest BCUT2D eigenvalue weighted by molar-refractivity contribution is 6.00.